The molecule has 0 N–H and O–H groups in total. The number of rotatable bonds is 7. The van der Waals surface area contributed by atoms with Gasteiger partial charge in [0.1, 0.15) is 0 Å². The molecule has 0 aliphatic heterocycles. The Morgan fingerprint density at radius 3 is 2.61 bits per heavy atom. The molecule has 0 fully saturated rings. The van der Waals surface area contributed by atoms with E-state index in [9.17, 15) is 0 Å². The van der Waals surface area contributed by atoms with Crippen molar-refractivity contribution < 1.29 is 4.74 Å². The smallest absolute Gasteiger partial charge is 0.316 e. The van der Waals surface area contributed by atoms with Crippen LogP contribution in [0.25, 0.3) is 0 Å². The third-order valence-electron chi connectivity index (χ3n) is 3.59. The van der Waals surface area contributed by atoms with Gasteiger partial charge in [0.2, 0.25) is 0 Å². The Morgan fingerprint density at radius 1 is 1.33 bits per heavy atom. The minimum absolute atomic E-state index is 0.0875. The van der Waals surface area contributed by atoms with Crippen molar-refractivity contribution in [2.24, 2.45) is 0 Å². The molecule has 0 aromatic carbocycles. The Bertz CT molecular complexity index is 384. The van der Waals surface area contributed by atoms with Crippen LogP contribution in [-0.4, -0.2) is 17.1 Å². The molecule has 0 saturated carbocycles. The zero-order valence-corrected chi connectivity index (χ0v) is 13.4. The maximum Gasteiger partial charge on any atom is 0.316 e. The van der Waals surface area contributed by atoms with Crippen LogP contribution in [0.15, 0.2) is 10.7 Å². The molecule has 1 aromatic heterocycles. The molecular weight excluding hydrogens is 292 g/mol. The van der Waals surface area contributed by atoms with E-state index >= 15 is 0 Å². The summed E-state index contributed by atoms with van der Waals surface area (Å²) in [7, 11) is 1.60. The first-order chi connectivity index (χ1) is 8.57. The van der Waals surface area contributed by atoms with Crippen molar-refractivity contribution in [2.75, 3.05) is 7.11 Å². The first-order valence-corrected chi connectivity index (χ1v) is 7.43. The Kier molecular flexibility index (Phi) is 6.06. The van der Waals surface area contributed by atoms with Crippen LogP contribution in [0.2, 0.25) is 0 Å². The first-order valence-electron chi connectivity index (χ1n) is 6.64. The average molecular weight is 315 g/mol. The summed E-state index contributed by atoms with van der Waals surface area (Å²) in [6.07, 6.45) is 7.75. The number of halogens is 1. The number of hydrogen-bond acceptors (Lipinski definition) is 3. The molecule has 3 nitrogen and oxygen atoms in total. The molecule has 0 saturated heterocycles. The second-order valence-corrected chi connectivity index (χ2v) is 5.78. The first kappa shape index (κ1) is 15.4. The number of ether oxygens (including phenoxy) is 1. The minimum atomic E-state index is 0.0875. The molecular formula is C14H23BrN2O. The molecule has 0 spiro atoms. The van der Waals surface area contributed by atoms with Gasteiger partial charge in [-0.05, 0) is 28.8 Å². The number of nitrogens with zero attached hydrogens (tertiary/aromatic N) is 2. The molecule has 0 aliphatic rings. The second kappa shape index (κ2) is 7.07. The van der Waals surface area contributed by atoms with Gasteiger partial charge in [0.05, 0.1) is 17.3 Å². The third kappa shape index (κ3) is 3.67. The van der Waals surface area contributed by atoms with Crippen LogP contribution < -0.4 is 4.74 Å². The zero-order valence-electron chi connectivity index (χ0n) is 11.8. The van der Waals surface area contributed by atoms with E-state index < -0.39 is 0 Å². The topological polar surface area (TPSA) is 35.0 Å². The molecule has 0 bridgehead atoms. The summed E-state index contributed by atoms with van der Waals surface area (Å²) in [6.45, 7) is 6.72. The highest BCUT2D eigenvalue weighted by Crippen LogP contribution is 2.36. The van der Waals surface area contributed by atoms with E-state index in [1.54, 1.807) is 13.3 Å². The van der Waals surface area contributed by atoms with E-state index in [0.717, 1.165) is 23.0 Å². The molecule has 0 amide bonds. The van der Waals surface area contributed by atoms with Gasteiger partial charge in [-0.15, -0.1) is 0 Å². The summed E-state index contributed by atoms with van der Waals surface area (Å²) in [5, 5.41) is 0. The van der Waals surface area contributed by atoms with Crippen molar-refractivity contribution in [3.05, 3.63) is 16.4 Å². The molecule has 1 unspecified atom stereocenters. The quantitative estimate of drug-likeness (QED) is 0.695. The summed E-state index contributed by atoms with van der Waals surface area (Å²) >= 11 is 3.56. The molecule has 18 heavy (non-hydrogen) atoms. The maximum atomic E-state index is 5.13. The van der Waals surface area contributed by atoms with Crippen molar-refractivity contribution in [2.45, 2.75) is 58.3 Å². The molecule has 1 rings (SSSR count). The number of aromatic nitrogens is 2. The summed E-state index contributed by atoms with van der Waals surface area (Å²) in [5.41, 5.74) is 1.15. The van der Waals surface area contributed by atoms with Crippen LogP contribution in [0.3, 0.4) is 0 Å². The SMILES string of the molecule is CCCCCC(C)(CC)c1nc(OC)ncc1Br. The van der Waals surface area contributed by atoms with Gasteiger partial charge in [-0.1, -0.05) is 40.0 Å². The van der Waals surface area contributed by atoms with Gasteiger partial charge in [0, 0.05) is 11.6 Å². The van der Waals surface area contributed by atoms with Crippen molar-refractivity contribution in [3.8, 4) is 6.01 Å². The lowest BCUT2D eigenvalue weighted by atomic mass is 9.79. The predicted molar refractivity (Wildman–Crippen MR) is 78.1 cm³/mol. The molecule has 102 valence electrons. The van der Waals surface area contributed by atoms with Gasteiger partial charge < -0.3 is 4.74 Å². The highest BCUT2D eigenvalue weighted by Gasteiger charge is 2.28. The molecule has 1 aromatic rings. The Balaban J connectivity index is 2.98. The highest BCUT2D eigenvalue weighted by atomic mass is 79.9. The van der Waals surface area contributed by atoms with Crippen molar-refractivity contribution >= 4 is 15.9 Å². The van der Waals surface area contributed by atoms with Gasteiger partial charge in [-0.3, -0.25) is 0 Å². The van der Waals surface area contributed by atoms with E-state index in [4.69, 9.17) is 4.74 Å². The lowest BCUT2D eigenvalue weighted by Crippen LogP contribution is -2.23. The van der Waals surface area contributed by atoms with Crippen LogP contribution in [0.5, 0.6) is 6.01 Å². The number of unbranched alkanes of at least 4 members (excludes halogenated alkanes) is 2. The third-order valence-corrected chi connectivity index (χ3v) is 4.17. The summed E-state index contributed by atoms with van der Waals surface area (Å²) in [4.78, 5) is 8.65. The minimum Gasteiger partial charge on any atom is -0.467 e. The van der Waals surface area contributed by atoms with E-state index in [0.29, 0.717) is 6.01 Å². The van der Waals surface area contributed by atoms with Gasteiger partial charge >= 0.3 is 6.01 Å². The van der Waals surface area contributed by atoms with Crippen LogP contribution in [0, 0.1) is 0 Å². The van der Waals surface area contributed by atoms with Crippen molar-refractivity contribution in [3.63, 3.8) is 0 Å². The van der Waals surface area contributed by atoms with E-state index in [1.807, 2.05) is 0 Å². The largest absolute Gasteiger partial charge is 0.467 e. The lowest BCUT2D eigenvalue weighted by Gasteiger charge is -2.28. The van der Waals surface area contributed by atoms with Gasteiger partial charge in [-0.25, -0.2) is 4.98 Å². The monoisotopic (exact) mass is 314 g/mol. The number of hydrogen-bond donors (Lipinski definition) is 0. The predicted octanol–water partition coefficient (Wildman–Crippen LogP) is 4.50. The highest BCUT2D eigenvalue weighted by molar-refractivity contribution is 9.10. The fraction of sp³-hybridized carbons (Fsp3) is 0.714. The summed E-state index contributed by atoms with van der Waals surface area (Å²) in [6, 6.07) is 0.448. The Labute approximate surface area is 119 Å². The fourth-order valence-corrected chi connectivity index (χ4v) is 2.77. The van der Waals surface area contributed by atoms with Gasteiger partial charge in [0.15, 0.2) is 0 Å². The van der Waals surface area contributed by atoms with E-state index in [-0.39, 0.29) is 5.41 Å². The van der Waals surface area contributed by atoms with Gasteiger partial charge in [-0.2, -0.15) is 4.98 Å². The molecule has 0 aliphatic carbocycles. The standard InChI is InChI=1S/C14H23BrN2O/c1-5-7-8-9-14(3,6-2)12-11(15)10-16-13(17-12)18-4/h10H,5-9H2,1-4H3. The molecule has 1 atom stereocenters. The second-order valence-electron chi connectivity index (χ2n) is 4.92. The summed E-state index contributed by atoms with van der Waals surface area (Å²) < 4.78 is 6.11. The van der Waals surface area contributed by atoms with Crippen LogP contribution in [-0.2, 0) is 5.41 Å². The average Bonchev–Trinajstić information content (AvgIpc) is 2.39. The normalized spacial score (nSPS) is 14.3. The van der Waals surface area contributed by atoms with Crippen molar-refractivity contribution in [1.29, 1.82) is 0 Å². The lowest BCUT2D eigenvalue weighted by molar-refractivity contribution is 0.352. The van der Waals surface area contributed by atoms with E-state index in [2.05, 4.69) is 46.7 Å². The van der Waals surface area contributed by atoms with Crippen LogP contribution in [0.1, 0.15) is 58.6 Å². The number of methoxy groups -OCH3 is 1. The molecule has 1 heterocycles. The Hall–Kier alpha value is -0.640. The fourth-order valence-electron chi connectivity index (χ4n) is 2.10. The van der Waals surface area contributed by atoms with E-state index in [1.165, 1.54) is 19.3 Å². The van der Waals surface area contributed by atoms with Crippen LogP contribution in [0.4, 0.5) is 0 Å². The molecule has 4 heteroatoms. The molecule has 0 radical (unpaired) electrons. The van der Waals surface area contributed by atoms with Crippen LogP contribution >= 0.6 is 15.9 Å². The maximum absolute atomic E-state index is 5.13. The Morgan fingerprint density at radius 2 is 2.06 bits per heavy atom. The zero-order chi connectivity index (χ0) is 13.6. The van der Waals surface area contributed by atoms with Crippen molar-refractivity contribution in [1.82, 2.24) is 9.97 Å². The summed E-state index contributed by atoms with van der Waals surface area (Å²) in [5.74, 6) is 0. The van der Waals surface area contributed by atoms with Gasteiger partial charge in [0.25, 0.3) is 0 Å².